The molecule has 1 atom stereocenters. The van der Waals surface area contributed by atoms with Crippen LogP contribution in [-0.4, -0.2) is 36.0 Å². The molecule has 3 aromatic rings. The largest absolute Gasteiger partial charge is 0.416 e. The summed E-state index contributed by atoms with van der Waals surface area (Å²) in [5, 5.41) is 0. The van der Waals surface area contributed by atoms with Crippen molar-refractivity contribution in [3.8, 4) is 0 Å². The van der Waals surface area contributed by atoms with E-state index in [0.717, 1.165) is 50.4 Å². The molecule has 0 aromatic heterocycles. The lowest BCUT2D eigenvalue weighted by molar-refractivity contribution is -0.143. The second kappa shape index (κ2) is 11.0. The van der Waals surface area contributed by atoms with Crippen molar-refractivity contribution < 1.29 is 26.3 Å². The van der Waals surface area contributed by atoms with Crippen LogP contribution in [0, 0.1) is 6.42 Å². The van der Waals surface area contributed by atoms with E-state index in [-0.39, 0.29) is 24.1 Å². The van der Waals surface area contributed by atoms with Crippen molar-refractivity contribution in [2.75, 3.05) is 26.2 Å². The van der Waals surface area contributed by atoms with E-state index in [4.69, 9.17) is 0 Å². The maximum absolute atomic E-state index is 13.3. The molecule has 0 amide bonds. The van der Waals surface area contributed by atoms with E-state index < -0.39 is 23.5 Å². The highest BCUT2D eigenvalue weighted by Gasteiger charge is 2.37. The molecular weight excluding hydrogens is 478 g/mol. The molecule has 1 unspecified atom stereocenters. The number of hydrogen-bond donors (Lipinski definition) is 0. The Kier molecular flexibility index (Phi) is 8.05. The SMILES string of the molecule is FC(F)(F)c1cc(C[CH]C(c2ccccc2)N2CCN(Cc3ccccc3)CC2)cc(C(F)(F)F)c1. The van der Waals surface area contributed by atoms with Gasteiger partial charge in [-0.25, -0.2) is 0 Å². The standard InChI is InChI=1S/C28H27F6N2/c29-27(30,31)24-17-22(18-25(19-24)28(32,33)34)11-12-26(23-9-5-2-6-10-23)36-15-13-35(14-16-36)20-21-7-3-1-4-8-21/h1-10,12,17-19,26H,11,13-16,20H2. The first-order valence-electron chi connectivity index (χ1n) is 11.8. The van der Waals surface area contributed by atoms with Gasteiger partial charge in [-0.15, -0.1) is 0 Å². The summed E-state index contributed by atoms with van der Waals surface area (Å²) in [7, 11) is 0. The van der Waals surface area contributed by atoms with Crippen LogP contribution in [-0.2, 0) is 25.3 Å². The zero-order valence-electron chi connectivity index (χ0n) is 19.6. The van der Waals surface area contributed by atoms with Crippen LogP contribution in [0.2, 0.25) is 0 Å². The van der Waals surface area contributed by atoms with Gasteiger partial charge in [0, 0.05) is 38.8 Å². The van der Waals surface area contributed by atoms with E-state index in [9.17, 15) is 26.3 Å². The van der Waals surface area contributed by atoms with E-state index in [1.165, 1.54) is 5.56 Å². The lowest BCUT2D eigenvalue weighted by Crippen LogP contribution is -2.47. The highest BCUT2D eigenvalue weighted by atomic mass is 19.4. The molecule has 1 heterocycles. The smallest absolute Gasteiger partial charge is 0.297 e. The average molecular weight is 506 g/mol. The summed E-state index contributed by atoms with van der Waals surface area (Å²) in [5.41, 5.74) is -0.405. The molecule has 0 saturated carbocycles. The van der Waals surface area contributed by atoms with Gasteiger partial charge in [-0.05, 0) is 47.7 Å². The normalized spacial score (nSPS) is 16.7. The maximum atomic E-state index is 13.3. The fourth-order valence-corrected chi connectivity index (χ4v) is 4.57. The molecule has 36 heavy (non-hydrogen) atoms. The Morgan fingerprint density at radius 2 is 1.19 bits per heavy atom. The number of piperazine rings is 1. The van der Waals surface area contributed by atoms with Crippen LogP contribution in [0.1, 0.15) is 33.9 Å². The minimum absolute atomic E-state index is 0.0132. The van der Waals surface area contributed by atoms with Crippen molar-refractivity contribution in [2.24, 2.45) is 0 Å². The minimum Gasteiger partial charge on any atom is -0.297 e. The summed E-state index contributed by atoms with van der Waals surface area (Å²) in [6, 6.07) is 21.2. The van der Waals surface area contributed by atoms with Crippen molar-refractivity contribution in [1.29, 1.82) is 0 Å². The van der Waals surface area contributed by atoms with Crippen molar-refractivity contribution in [3.05, 3.63) is 113 Å². The van der Waals surface area contributed by atoms with Gasteiger partial charge < -0.3 is 0 Å². The highest BCUT2D eigenvalue weighted by Crippen LogP contribution is 2.37. The van der Waals surface area contributed by atoms with E-state index in [0.29, 0.717) is 0 Å². The summed E-state index contributed by atoms with van der Waals surface area (Å²) < 4.78 is 79.8. The second-order valence-corrected chi connectivity index (χ2v) is 9.01. The van der Waals surface area contributed by atoms with Gasteiger partial charge in [0.25, 0.3) is 0 Å². The van der Waals surface area contributed by atoms with Crippen LogP contribution in [0.25, 0.3) is 0 Å². The predicted molar refractivity (Wildman–Crippen MR) is 127 cm³/mol. The molecule has 1 aliphatic heterocycles. The summed E-state index contributed by atoms with van der Waals surface area (Å²) in [4.78, 5) is 4.57. The molecular formula is C28H27F6N2. The zero-order chi connectivity index (χ0) is 25.8. The van der Waals surface area contributed by atoms with Gasteiger partial charge in [0.1, 0.15) is 0 Å². The molecule has 0 spiro atoms. The van der Waals surface area contributed by atoms with Crippen LogP contribution < -0.4 is 0 Å². The molecule has 8 heteroatoms. The summed E-state index contributed by atoms with van der Waals surface area (Å²) in [5.74, 6) is 0. The molecule has 2 nitrogen and oxygen atoms in total. The molecule has 1 fully saturated rings. The molecule has 0 N–H and O–H groups in total. The molecule has 0 aliphatic carbocycles. The quantitative estimate of drug-likeness (QED) is 0.318. The lowest BCUT2D eigenvalue weighted by atomic mass is 9.95. The van der Waals surface area contributed by atoms with E-state index in [1.54, 1.807) is 0 Å². The summed E-state index contributed by atoms with van der Waals surface area (Å²) >= 11 is 0. The Bertz CT molecular complexity index is 1070. The lowest BCUT2D eigenvalue weighted by Gasteiger charge is -2.39. The molecule has 3 aromatic carbocycles. The van der Waals surface area contributed by atoms with Gasteiger partial charge >= 0.3 is 12.4 Å². The van der Waals surface area contributed by atoms with Crippen LogP contribution in [0.4, 0.5) is 26.3 Å². The monoisotopic (exact) mass is 505 g/mol. The number of hydrogen-bond acceptors (Lipinski definition) is 2. The van der Waals surface area contributed by atoms with E-state index in [1.807, 2.05) is 55.0 Å². The third kappa shape index (κ3) is 6.89. The van der Waals surface area contributed by atoms with E-state index >= 15 is 0 Å². The number of alkyl halides is 6. The third-order valence-electron chi connectivity index (χ3n) is 6.41. The Morgan fingerprint density at radius 1 is 0.667 bits per heavy atom. The fraction of sp³-hybridized carbons (Fsp3) is 0.321. The van der Waals surface area contributed by atoms with Gasteiger partial charge in [-0.3, -0.25) is 9.80 Å². The topological polar surface area (TPSA) is 6.48 Å². The molecule has 1 aliphatic rings. The Hall–Kier alpha value is -2.84. The van der Waals surface area contributed by atoms with Crippen LogP contribution in [0.15, 0.2) is 78.9 Å². The average Bonchev–Trinajstić information content (AvgIpc) is 2.85. The van der Waals surface area contributed by atoms with Gasteiger partial charge in [0.05, 0.1) is 11.1 Å². The second-order valence-electron chi connectivity index (χ2n) is 9.01. The molecule has 0 bridgehead atoms. The van der Waals surface area contributed by atoms with Gasteiger partial charge in [-0.2, -0.15) is 26.3 Å². The van der Waals surface area contributed by atoms with Crippen molar-refractivity contribution in [1.82, 2.24) is 9.80 Å². The third-order valence-corrected chi connectivity index (χ3v) is 6.41. The first-order chi connectivity index (χ1) is 17.1. The van der Waals surface area contributed by atoms with Crippen LogP contribution in [0.5, 0.6) is 0 Å². The molecule has 1 radical (unpaired) electrons. The minimum atomic E-state index is -4.86. The number of nitrogens with zero attached hydrogens (tertiary/aromatic N) is 2. The molecule has 191 valence electrons. The Balaban J connectivity index is 1.49. The highest BCUT2D eigenvalue weighted by molar-refractivity contribution is 5.35. The van der Waals surface area contributed by atoms with Gasteiger partial charge in [0.2, 0.25) is 0 Å². The number of halogens is 6. The number of rotatable bonds is 7. The van der Waals surface area contributed by atoms with Crippen molar-refractivity contribution in [3.63, 3.8) is 0 Å². The maximum Gasteiger partial charge on any atom is 0.416 e. The van der Waals surface area contributed by atoms with Crippen LogP contribution in [0.3, 0.4) is 0 Å². The first kappa shape index (κ1) is 26.2. The fourth-order valence-electron chi connectivity index (χ4n) is 4.57. The Labute approximate surface area is 207 Å². The Morgan fingerprint density at radius 3 is 1.72 bits per heavy atom. The first-order valence-corrected chi connectivity index (χ1v) is 11.8. The van der Waals surface area contributed by atoms with Gasteiger partial charge in [-0.1, -0.05) is 60.7 Å². The van der Waals surface area contributed by atoms with Gasteiger partial charge in [0.15, 0.2) is 0 Å². The van der Waals surface area contributed by atoms with E-state index in [2.05, 4.69) is 21.9 Å². The van der Waals surface area contributed by atoms with Crippen molar-refractivity contribution in [2.45, 2.75) is 31.4 Å². The van der Waals surface area contributed by atoms with Crippen molar-refractivity contribution >= 4 is 0 Å². The molecule has 1 saturated heterocycles. The van der Waals surface area contributed by atoms with Crippen LogP contribution >= 0.6 is 0 Å². The summed E-state index contributed by atoms with van der Waals surface area (Å²) in [6.07, 6.45) is -7.91. The summed E-state index contributed by atoms with van der Waals surface area (Å²) in [6.45, 7) is 3.93. The number of benzene rings is 3. The predicted octanol–water partition coefficient (Wildman–Crippen LogP) is 7.03. The molecule has 4 rings (SSSR count). The zero-order valence-corrected chi connectivity index (χ0v) is 19.6.